The van der Waals surface area contributed by atoms with Crippen molar-refractivity contribution in [2.75, 3.05) is 25.0 Å². The third-order valence-corrected chi connectivity index (χ3v) is 6.72. The van der Waals surface area contributed by atoms with Crippen molar-refractivity contribution in [2.45, 2.75) is 17.9 Å². The van der Waals surface area contributed by atoms with E-state index in [1.807, 2.05) is 60.7 Å². The van der Waals surface area contributed by atoms with Crippen LogP contribution in [0.25, 0.3) is 21.8 Å². The molecule has 1 aliphatic heterocycles. The molecule has 5 N–H and O–H groups in total. The lowest BCUT2D eigenvalue weighted by Crippen LogP contribution is -2.32. The zero-order chi connectivity index (χ0) is 24.2. The Balaban J connectivity index is 1.06. The average molecular weight is 491 g/mol. The number of H-pyrrole nitrogens is 1. The molecule has 0 saturated carbocycles. The molecular weight excluding hydrogens is 464 g/mol. The SMILES string of the molecule is O=C1NC(=O)C(Nc2ccc(CCNCC(O)COc3cccc4[nH]c5ccccc5c34)cc2)S1. The maximum absolute atomic E-state index is 11.7. The minimum absolute atomic E-state index is 0.196. The first-order valence-corrected chi connectivity index (χ1v) is 12.3. The number of aromatic amines is 1. The van der Waals surface area contributed by atoms with Gasteiger partial charge in [0.2, 0.25) is 0 Å². The van der Waals surface area contributed by atoms with Gasteiger partial charge in [-0.05, 0) is 60.6 Å². The topological polar surface area (TPSA) is 115 Å². The van der Waals surface area contributed by atoms with Crippen LogP contribution in [0.1, 0.15) is 5.56 Å². The van der Waals surface area contributed by atoms with Gasteiger partial charge in [-0.2, -0.15) is 0 Å². The van der Waals surface area contributed by atoms with Gasteiger partial charge in [0.05, 0.1) is 5.52 Å². The number of para-hydroxylation sites is 1. The van der Waals surface area contributed by atoms with Gasteiger partial charge >= 0.3 is 0 Å². The molecule has 0 radical (unpaired) electrons. The normalized spacial score (nSPS) is 16.5. The van der Waals surface area contributed by atoms with E-state index in [1.54, 1.807) is 0 Å². The summed E-state index contributed by atoms with van der Waals surface area (Å²) >= 11 is 0.940. The number of hydrogen-bond acceptors (Lipinski definition) is 7. The number of aliphatic hydroxyl groups is 1. The maximum atomic E-state index is 11.7. The molecule has 9 heteroatoms. The third kappa shape index (κ3) is 5.43. The fourth-order valence-electron chi connectivity index (χ4n) is 4.11. The zero-order valence-corrected chi connectivity index (χ0v) is 19.7. The number of carbonyl (C=O) groups is 2. The molecule has 5 rings (SSSR count). The van der Waals surface area contributed by atoms with E-state index < -0.39 is 11.5 Å². The number of aliphatic hydroxyl groups excluding tert-OH is 1. The minimum atomic E-state index is -0.639. The summed E-state index contributed by atoms with van der Waals surface area (Å²) < 4.78 is 5.98. The van der Waals surface area contributed by atoms with E-state index >= 15 is 0 Å². The van der Waals surface area contributed by atoms with Crippen LogP contribution < -0.4 is 20.7 Å². The Kier molecular flexibility index (Phi) is 6.89. The van der Waals surface area contributed by atoms with Crippen LogP contribution in [-0.4, -0.2) is 52.4 Å². The molecule has 0 aliphatic carbocycles. The summed E-state index contributed by atoms with van der Waals surface area (Å²) in [5.74, 6) is 0.430. The highest BCUT2D eigenvalue weighted by Gasteiger charge is 2.31. The van der Waals surface area contributed by atoms with Crippen LogP contribution in [0.2, 0.25) is 0 Å². The van der Waals surface area contributed by atoms with Crippen molar-refractivity contribution in [2.24, 2.45) is 0 Å². The Morgan fingerprint density at radius 3 is 2.60 bits per heavy atom. The van der Waals surface area contributed by atoms with Gasteiger partial charge in [-0.1, -0.05) is 36.4 Å². The molecule has 4 aromatic rings. The number of amides is 2. The first kappa shape index (κ1) is 23.2. The van der Waals surface area contributed by atoms with Gasteiger partial charge in [0.15, 0.2) is 5.37 Å². The summed E-state index contributed by atoms with van der Waals surface area (Å²) in [6.45, 7) is 1.32. The van der Waals surface area contributed by atoms with E-state index in [2.05, 4.69) is 27.0 Å². The fourth-order valence-corrected chi connectivity index (χ4v) is 4.84. The predicted octanol–water partition coefficient (Wildman–Crippen LogP) is 3.61. The molecule has 35 heavy (non-hydrogen) atoms. The number of hydrogen-bond donors (Lipinski definition) is 5. The number of ether oxygens (including phenoxy) is 1. The number of benzene rings is 3. The number of imide groups is 1. The molecule has 1 aliphatic rings. The number of carbonyl (C=O) groups excluding carboxylic acids is 2. The molecule has 3 aromatic carbocycles. The minimum Gasteiger partial charge on any atom is -0.490 e. The lowest BCUT2D eigenvalue weighted by Gasteiger charge is -2.14. The van der Waals surface area contributed by atoms with Gasteiger partial charge in [-0.3, -0.25) is 14.9 Å². The van der Waals surface area contributed by atoms with Crippen LogP contribution in [0.5, 0.6) is 5.75 Å². The van der Waals surface area contributed by atoms with E-state index in [1.165, 1.54) is 0 Å². The number of nitrogens with one attached hydrogen (secondary N) is 4. The second kappa shape index (κ2) is 10.4. The number of thioether (sulfide) groups is 1. The number of aromatic nitrogens is 1. The van der Waals surface area contributed by atoms with E-state index in [9.17, 15) is 14.7 Å². The second-order valence-corrected chi connectivity index (χ2v) is 9.46. The monoisotopic (exact) mass is 490 g/mol. The molecule has 2 unspecified atom stereocenters. The first-order valence-electron chi connectivity index (χ1n) is 11.4. The van der Waals surface area contributed by atoms with Crippen LogP contribution in [0.3, 0.4) is 0 Å². The van der Waals surface area contributed by atoms with Gasteiger partial charge in [0.25, 0.3) is 11.1 Å². The van der Waals surface area contributed by atoms with Crippen molar-refractivity contribution in [1.82, 2.24) is 15.6 Å². The van der Waals surface area contributed by atoms with Crippen molar-refractivity contribution in [3.8, 4) is 5.75 Å². The number of rotatable bonds is 10. The Hall–Kier alpha value is -3.53. The molecule has 180 valence electrons. The summed E-state index contributed by atoms with van der Waals surface area (Å²) in [6.07, 6.45) is 0.152. The van der Waals surface area contributed by atoms with Crippen molar-refractivity contribution in [3.63, 3.8) is 0 Å². The van der Waals surface area contributed by atoms with Gasteiger partial charge < -0.3 is 25.5 Å². The summed E-state index contributed by atoms with van der Waals surface area (Å²) in [5.41, 5.74) is 3.97. The lowest BCUT2D eigenvalue weighted by atomic mass is 10.1. The molecule has 0 bridgehead atoms. The Morgan fingerprint density at radius 1 is 1.00 bits per heavy atom. The Bertz CT molecular complexity index is 1350. The van der Waals surface area contributed by atoms with Crippen LogP contribution in [0.15, 0.2) is 66.7 Å². The van der Waals surface area contributed by atoms with E-state index in [-0.39, 0.29) is 17.8 Å². The highest BCUT2D eigenvalue weighted by Crippen LogP contribution is 2.33. The Labute approximate surface area is 206 Å². The standard InChI is InChI=1S/C26H26N4O4S/c31-18(15-34-22-7-3-6-21-23(22)19-4-1-2-5-20(19)29-21)14-27-13-12-16-8-10-17(11-9-16)28-25-24(32)30-26(33)35-25/h1-11,18,25,27-29,31H,12-15H2,(H,30,32,33). The van der Waals surface area contributed by atoms with Crippen molar-refractivity contribution in [3.05, 3.63) is 72.3 Å². The van der Waals surface area contributed by atoms with Crippen LogP contribution in [0, 0.1) is 0 Å². The van der Waals surface area contributed by atoms with Crippen molar-refractivity contribution in [1.29, 1.82) is 0 Å². The van der Waals surface area contributed by atoms with Gasteiger partial charge in [-0.25, -0.2) is 0 Å². The highest BCUT2D eigenvalue weighted by atomic mass is 32.2. The molecule has 1 aromatic heterocycles. The van der Waals surface area contributed by atoms with Gasteiger partial charge in [0.1, 0.15) is 18.5 Å². The quantitative estimate of drug-likeness (QED) is 0.216. The first-order chi connectivity index (χ1) is 17.1. The van der Waals surface area contributed by atoms with E-state index in [4.69, 9.17) is 4.74 Å². The summed E-state index contributed by atoms with van der Waals surface area (Å²) in [7, 11) is 0. The van der Waals surface area contributed by atoms with Crippen LogP contribution in [0.4, 0.5) is 10.5 Å². The molecular formula is C26H26N4O4S. The van der Waals surface area contributed by atoms with Crippen molar-refractivity contribution < 1.29 is 19.4 Å². The lowest BCUT2D eigenvalue weighted by molar-refractivity contribution is -0.118. The largest absolute Gasteiger partial charge is 0.490 e. The summed E-state index contributed by atoms with van der Waals surface area (Å²) in [6, 6.07) is 21.7. The second-order valence-electron chi connectivity index (χ2n) is 8.38. The average Bonchev–Trinajstić information content (AvgIpc) is 3.40. The predicted molar refractivity (Wildman–Crippen MR) is 139 cm³/mol. The van der Waals surface area contributed by atoms with Gasteiger partial charge in [-0.15, -0.1) is 0 Å². The van der Waals surface area contributed by atoms with Crippen molar-refractivity contribution >= 4 is 50.4 Å². The van der Waals surface area contributed by atoms with Crippen LogP contribution in [-0.2, 0) is 11.2 Å². The van der Waals surface area contributed by atoms with E-state index in [0.717, 1.165) is 57.0 Å². The number of fused-ring (bicyclic) bond motifs is 3. The summed E-state index contributed by atoms with van der Waals surface area (Å²) in [5, 5.41) is 20.2. The zero-order valence-electron chi connectivity index (χ0n) is 18.9. The fraction of sp³-hybridized carbons (Fsp3) is 0.231. The molecule has 0 spiro atoms. The maximum Gasteiger partial charge on any atom is 0.288 e. The molecule has 2 atom stereocenters. The molecule has 2 amide bonds. The Morgan fingerprint density at radius 2 is 1.80 bits per heavy atom. The van der Waals surface area contributed by atoms with Gasteiger partial charge in [0, 0.05) is 28.5 Å². The summed E-state index contributed by atoms with van der Waals surface area (Å²) in [4.78, 5) is 26.3. The third-order valence-electron chi connectivity index (χ3n) is 5.83. The highest BCUT2D eigenvalue weighted by molar-refractivity contribution is 8.15. The molecule has 2 heterocycles. The molecule has 1 fully saturated rings. The van der Waals surface area contributed by atoms with E-state index in [0.29, 0.717) is 13.1 Å². The molecule has 8 nitrogen and oxygen atoms in total. The smallest absolute Gasteiger partial charge is 0.288 e. The number of anilines is 1. The molecule has 1 saturated heterocycles. The van der Waals surface area contributed by atoms with Crippen LogP contribution >= 0.6 is 11.8 Å².